The van der Waals surface area contributed by atoms with Crippen LogP contribution in [-0.2, 0) is 4.79 Å². The molecule has 0 spiro atoms. The third-order valence-corrected chi connectivity index (χ3v) is 4.31. The van der Waals surface area contributed by atoms with Crippen LogP contribution in [0, 0.1) is 5.92 Å². The summed E-state index contributed by atoms with van der Waals surface area (Å²) in [6, 6.07) is 6.90. The number of carbonyl (C=O) groups is 2. The molecule has 2 rings (SSSR count). The maximum atomic E-state index is 12.0. The molecule has 3 N–H and O–H groups in total. The summed E-state index contributed by atoms with van der Waals surface area (Å²) in [5.41, 5.74) is 6.28. The van der Waals surface area contributed by atoms with Gasteiger partial charge in [0.15, 0.2) is 5.78 Å². The van der Waals surface area contributed by atoms with Crippen LogP contribution in [0.1, 0.15) is 42.5 Å². The van der Waals surface area contributed by atoms with Gasteiger partial charge in [-0.05, 0) is 49.6 Å². The highest BCUT2D eigenvalue weighted by molar-refractivity contribution is 6.30. The van der Waals surface area contributed by atoms with Crippen molar-refractivity contribution in [3.05, 3.63) is 34.9 Å². The number of halogens is 1. The van der Waals surface area contributed by atoms with Crippen molar-refractivity contribution in [1.82, 2.24) is 5.32 Å². The Kier molecular flexibility index (Phi) is 5.76. The van der Waals surface area contributed by atoms with Crippen molar-refractivity contribution in [1.29, 1.82) is 0 Å². The normalized spacial score (nSPS) is 21.2. The Labute approximate surface area is 130 Å². The fourth-order valence-electron chi connectivity index (χ4n) is 2.80. The maximum Gasteiger partial charge on any atom is 0.220 e. The minimum absolute atomic E-state index is 0.0383. The highest BCUT2D eigenvalue weighted by atomic mass is 35.5. The number of rotatable bonds is 6. The van der Waals surface area contributed by atoms with E-state index in [2.05, 4.69) is 5.32 Å². The summed E-state index contributed by atoms with van der Waals surface area (Å²) in [6.45, 7) is 0.606. The molecule has 1 aromatic carbocycles. The minimum atomic E-state index is -0.0670. The molecule has 0 aromatic heterocycles. The fourth-order valence-corrected chi connectivity index (χ4v) is 2.92. The van der Waals surface area contributed by atoms with Gasteiger partial charge >= 0.3 is 0 Å². The molecule has 114 valence electrons. The van der Waals surface area contributed by atoms with E-state index in [0.717, 1.165) is 19.3 Å². The number of nitrogens with one attached hydrogen (secondary N) is 1. The second kappa shape index (κ2) is 7.57. The smallest absolute Gasteiger partial charge is 0.220 e. The van der Waals surface area contributed by atoms with Crippen LogP contribution in [-0.4, -0.2) is 24.3 Å². The first-order valence-electron chi connectivity index (χ1n) is 7.38. The van der Waals surface area contributed by atoms with Crippen LogP contribution in [0.5, 0.6) is 0 Å². The van der Waals surface area contributed by atoms with Gasteiger partial charge in [-0.2, -0.15) is 0 Å². The van der Waals surface area contributed by atoms with Gasteiger partial charge < -0.3 is 11.1 Å². The van der Waals surface area contributed by atoms with Crippen molar-refractivity contribution >= 4 is 23.3 Å². The van der Waals surface area contributed by atoms with E-state index in [1.165, 1.54) is 0 Å². The van der Waals surface area contributed by atoms with E-state index in [9.17, 15) is 9.59 Å². The molecule has 0 heterocycles. The molecular weight excluding hydrogens is 288 g/mol. The first-order valence-corrected chi connectivity index (χ1v) is 7.76. The maximum absolute atomic E-state index is 12.0. The molecule has 1 saturated carbocycles. The van der Waals surface area contributed by atoms with E-state index >= 15 is 0 Å². The SMILES string of the molecule is NCC1CCCC1NC(=O)CCC(=O)c1ccc(Cl)cc1. The summed E-state index contributed by atoms with van der Waals surface area (Å²) in [5, 5.41) is 3.60. The Morgan fingerprint density at radius 3 is 2.57 bits per heavy atom. The van der Waals surface area contributed by atoms with Crippen LogP contribution in [0.4, 0.5) is 0 Å². The van der Waals surface area contributed by atoms with Crippen LogP contribution in [0.15, 0.2) is 24.3 Å². The van der Waals surface area contributed by atoms with Crippen LogP contribution >= 0.6 is 11.6 Å². The molecule has 0 saturated heterocycles. The molecule has 1 fully saturated rings. The number of ketones is 1. The van der Waals surface area contributed by atoms with E-state index in [1.54, 1.807) is 24.3 Å². The molecule has 2 atom stereocenters. The molecule has 1 aliphatic carbocycles. The Hall–Kier alpha value is -1.39. The summed E-state index contributed by atoms with van der Waals surface area (Å²) in [6.07, 6.45) is 3.60. The fraction of sp³-hybridized carbons (Fsp3) is 0.500. The van der Waals surface area contributed by atoms with Crippen molar-refractivity contribution < 1.29 is 9.59 Å². The number of amides is 1. The van der Waals surface area contributed by atoms with Gasteiger partial charge in [0.25, 0.3) is 0 Å². The largest absolute Gasteiger partial charge is 0.353 e. The van der Waals surface area contributed by atoms with Crippen LogP contribution in [0.25, 0.3) is 0 Å². The minimum Gasteiger partial charge on any atom is -0.353 e. The molecule has 21 heavy (non-hydrogen) atoms. The average molecular weight is 309 g/mol. The lowest BCUT2D eigenvalue weighted by Gasteiger charge is -2.19. The molecule has 2 unspecified atom stereocenters. The van der Waals surface area contributed by atoms with Gasteiger partial charge in [-0.1, -0.05) is 18.0 Å². The summed E-state index contributed by atoms with van der Waals surface area (Å²) >= 11 is 5.78. The second-order valence-corrected chi connectivity index (χ2v) is 5.97. The zero-order valence-corrected chi connectivity index (χ0v) is 12.7. The van der Waals surface area contributed by atoms with Crippen molar-refractivity contribution in [3.63, 3.8) is 0 Å². The zero-order valence-electron chi connectivity index (χ0n) is 12.0. The molecule has 1 amide bonds. The first-order chi connectivity index (χ1) is 10.1. The van der Waals surface area contributed by atoms with Crippen molar-refractivity contribution in [2.45, 2.75) is 38.1 Å². The molecule has 5 heteroatoms. The highest BCUT2D eigenvalue weighted by Crippen LogP contribution is 2.24. The second-order valence-electron chi connectivity index (χ2n) is 5.53. The molecule has 0 radical (unpaired) electrons. The molecule has 4 nitrogen and oxygen atoms in total. The van der Waals surface area contributed by atoms with E-state index in [-0.39, 0.29) is 30.6 Å². The summed E-state index contributed by atoms with van der Waals surface area (Å²) in [7, 11) is 0. The van der Waals surface area contributed by atoms with Gasteiger partial charge in [-0.3, -0.25) is 9.59 Å². The van der Waals surface area contributed by atoms with Crippen LogP contribution in [0.2, 0.25) is 5.02 Å². The number of Topliss-reactive ketones (excluding diaryl/α,β-unsaturated/α-hetero) is 1. The number of nitrogens with two attached hydrogens (primary N) is 1. The molecule has 0 aliphatic heterocycles. The number of hydrogen-bond donors (Lipinski definition) is 2. The average Bonchev–Trinajstić information content (AvgIpc) is 2.92. The van der Waals surface area contributed by atoms with Crippen molar-refractivity contribution in [3.8, 4) is 0 Å². The number of carbonyl (C=O) groups excluding carboxylic acids is 2. The Morgan fingerprint density at radius 2 is 1.90 bits per heavy atom. The predicted octanol–water partition coefficient (Wildman–Crippen LogP) is 2.55. The predicted molar refractivity (Wildman–Crippen MR) is 83.3 cm³/mol. The van der Waals surface area contributed by atoms with Crippen molar-refractivity contribution in [2.24, 2.45) is 11.7 Å². The van der Waals surface area contributed by atoms with Crippen LogP contribution < -0.4 is 11.1 Å². The third-order valence-electron chi connectivity index (χ3n) is 4.05. The quantitative estimate of drug-likeness (QED) is 0.793. The van der Waals surface area contributed by atoms with E-state index in [0.29, 0.717) is 23.0 Å². The Balaban J connectivity index is 1.78. The van der Waals surface area contributed by atoms with Crippen molar-refractivity contribution in [2.75, 3.05) is 6.54 Å². The lowest BCUT2D eigenvalue weighted by atomic mass is 10.0. The van der Waals surface area contributed by atoms with Gasteiger partial charge in [0.1, 0.15) is 0 Å². The number of benzene rings is 1. The summed E-state index contributed by atoms with van der Waals surface area (Å²) in [4.78, 5) is 23.9. The first kappa shape index (κ1) is 16.0. The highest BCUT2D eigenvalue weighted by Gasteiger charge is 2.27. The van der Waals surface area contributed by atoms with Gasteiger partial charge in [0, 0.05) is 29.5 Å². The van der Waals surface area contributed by atoms with E-state index in [4.69, 9.17) is 17.3 Å². The van der Waals surface area contributed by atoms with Crippen LogP contribution in [0.3, 0.4) is 0 Å². The molecular formula is C16H21ClN2O2. The van der Waals surface area contributed by atoms with Gasteiger partial charge in [-0.15, -0.1) is 0 Å². The summed E-state index contributed by atoms with van der Waals surface area (Å²) < 4.78 is 0. The molecule has 1 aliphatic rings. The van der Waals surface area contributed by atoms with Gasteiger partial charge in [0.2, 0.25) is 5.91 Å². The van der Waals surface area contributed by atoms with E-state index < -0.39 is 0 Å². The van der Waals surface area contributed by atoms with E-state index in [1.807, 2.05) is 0 Å². The van der Waals surface area contributed by atoms with Gasteiger partial charge in [0.05, 0.1) is 0 Å². The lowest BCUT2D eigenvalue weighted by molar-refractivity contribution is -0.122. The third kappa shape index (κ3) is 4.55. The molecule has 1 aromatic rings. The zero-order chi connectivity index (χ0) is 15.2. The standard InChI is InChI=1S/C16H21ClN2O2/c17-13-6-4-11(5-7-13)15(20)8-9-16(21)19-14-3-1-2-12(14)10-18/h4-7,12,14H,1-3,8-10,18H2,(H,19,21). The Bertz CT molecular complexity index is 502. The summed E-state index contributed by atoms with van der Waals surface area (Å²) in [5.74, 6) is 0.271. The topological polar surface area (TPSA) is 72.2 Å². The van der Waals surface area contributed by atoms with Gasteiger partial charge in [-0.25, -0.2) is 0 Å². The molecule has 0 bridgehead atoms. The monoisotopic (exact) mass is 308 g/mol. The Morgan fingerprint density at radius 1 is 1.19 bits per heavy atom. The number of hydrogen-bond acceptors (Lipinski definition) is 3. The lowest BCUT2D eigenvalue weighted by Crippen LogP contribution is -2.39.